The number of amides is 1. The number of halogens is 4. The van der Waals surface area contributed by atoms with Crippen molar-refractivity contribution in [1.29, 1.82) is 0 Å². The summed E-state index contributed by atoms with van der Waals surface area (Å²) in [7, 11) is 1.40. The summed E-state index contributed by atoms with van der Waals surface area (Å²) >= 11 is 0. The molecule has 0 saturated heterocycles. The number of methoxy groups -OCH3 is 1. The van der Waals surface area contributed by atoms with E-state index in [1.165, 1.54) is 13.2 Å². The zero-order chi connectivity index (χ0) is 17.5. The van der Waals surface area contributed by atoms with Crippen LogP contribution in [0.15, 0.2) is 24.3 Å². The summed E-state index contributed by atoms with van der Waals surface area (Å²) in [6, 6.07) is 5.28. The van der Waals surface area contributed by atoms with E-state index in [1.54, 1.807) is 18.2 Å². The Morgan fingerprint density at radius 1 is 1.39 bits per heavy atom. The van der Waals surface area contributed by atoms with Crippen LogP contribution in [0.5, 0.6) is 0 Å². The van der Waals surface area contributed by atoms with Crippen LogP contribution < -0.4 is 11.1 Å². The van der Waals surface area contributed by atoms with Gasteiger partial charge in [0, 0.05) is 12.8 Å². The van der Waals surface area contributed by atoms with E-state index in [9.17, 15) is 22.4 Å². The van der Waals surface area contributed by atoms with E-state index in [0.717, 1.165) is 0 Å². The minimum atomic E-state index is -4.20. The third kappa shape index (κ3) is 6.51. The molecule has 0 aliphatic heterocycles. The Morgan fingerprint density at radius 3 is 2.70 bits per heavy atom. The van der Waals surface area contributed by atoms with Crippen LogP contribution in [0.1, 0.15) is 5.56 Å². The van der Waals surface area contributed by atoms with Gasteiger partial charge in [0.1, 0.15) is 12.6 Å². The normalized spacial score (nSPS) is 13.2. The van der Waals surface area contributed by atoms with Gasteiger partial charge < -0.3 is 20.5 Å². The number of carbonyl (C=O) groups is 1. The summed E-state index contributed by atoms with van der Waals surface area (Å²) in [5.41, 5.74) is 6.37. The molecule has 0 saturated carbocycles. The molecule has 130 valence electrons. The summed E-state index contributed by atoms with van der Waals surface area (Å²) < 4.78 is 58.7. The molecule has 0 radical (unpaired) electrons. The molecule has 1 aromatic carbocycles. The van der Waals surface area contributed by atoms with Gasteiger partial charge in [0.25, 0.3) is 0 Å². The van der Waals surface area contributed by atoms with Crippen molar-refractivity contribution in [2.45, 2.75) is 25.0 Å². The van der Waals surface area contributed by atoms with Gasteiger partial charge in [-0.3, -0.25) is 4.79 Å². The standard InChI is InChI=1S/C14H18F4N2O3/c1-22-7-11(19)12(21)20-10-4-2-3-9(5-10)6-23-8-14(17,18)13(15)16/h2-5,11,13H,6-8,19H2,1H3,(H,20,21). The van der Waals surface area contributed by atoms with Gasteiger partial charge in [0.2, 0.25) is 5.91 Å². The van der Waals surface area contributed by atoms with Gasteiger partial charge in [-0.2, -0.15) is 8.78 Å². The Balaban J connectivity index is 2.55. The van der Waals surface area contributed by atoms with Gasteiger partial charge >= 0.3 is 12.3 Å². The van der Waals surface area contributed by atoms with E-state index in [4.69, 9.17) is 10.5 Å². The number of nitrogens with two attached hydrogens (primary N) is 1. The highest BCUT2D eigenvalue weighted by Gasteiger charge is 2.40. The first-order valence-corrected chi connectivity index (χ1v) is 6.64. The Hall–Kier alpha value is -1.71. The minimum absolute atomic E-state index is 0.0390. The smallest absolute Gasteiger partial charge is 0.330 e. The van der Waals surface area contributed by atoms with E-state index >= 15 is 0 Å². The fraction of sp³-hybridized carbons (Fsp3) is 0.500. The number of nitrogens with one attached hydrogen (secondary N) is 1. The van der Waals surface area contributed by atoms with Gasteiger partial charge in [0.15, 0.2) is 0 Å². The van der Waals surface area contributed by atoms with Crippen LogP contribution in [0.3, 0.4) is 0 Å². The number of rotatable bonds is 9. The van der Waals surface area contributed by atoms with Crippen molar-refractivity contribution in [3.05, 3.63) is 29.8 Å². The zero-order valence-corrected chi connectivity index (χ0v) is 12.4. The first-order valence-electron chi connectivity index (χ1n) is 6.64. The summed E-state index contributed by atoms with van der Waals surface area (Å²) in [6.45, 7) is -1.65. The molecule has 1 atom stereocenters. The molecule has 9 heteroatoms. The lowest BCUT2D eigenvalue weighted by Crippen LogP contribution is -2.39. The number of carbonyl (C=O) groups excluding carboxylic acids is 1. The average Bonchev–Trinajstić information content (AvgIpc) is 2.47. The van der Waals surface area contributed by atoms with Crippen LogP contribution in [0.2, 0.25) is 0 Å². The Morgan fingerprint density at radius 2 is 2.09 bits per heavy atom. The molecule has 0 aromatic heterocycles. The predicted molar refractivity (Wildman–Crippen MR) is 75.5 cm³/mol. The predicted octanol–water partition coefficient (Wildman–Crippen LogP) is 2.02. The molecule has 1 amide bonds. The summed E-state index contributed by atoms with van der Waals surface area (Å²) in [4.78, 5) is 11.7. The van der Waals surface area contributed by atoms with Gasteiger partial charge in [-0.1, -0.05) is 12.1 Å². The Bertz CT molecular complexity index is 515. The maximum absolute atomic E-state index is 12.7. The first-order chi connectivity index (χ1) is 10.8. The molecule has 0 bridgehead atoms. The average molecular weight is 338 g/mol. The van der Waals surface area contributed by atoms with Crippen LogP contribution in [0.25, 0.3) is 0 Å². The first kappa shape index (κ1) is 19.3. The highest BCUT2D eigenvalue weighted by atomic mass is 19.3. The third-order valence-corrected chi connectivity index (χ3v) is 2.76. The number of hydrogen-bond donors (Lipinski definition) is 2. The lowest BCUT2D eigenvalue weighted by atomic mass is 10.2. The second-order valence-electron chi connectivity index (χ2n) is 4.81. The zero-order valence-electron chi connectivity index (χ0n) is 12.4. The molecular formula is C14H18F4N2O3. The van der Waals surface area contributed by atoms with E-state index in [2.05, 4.69) is 10.1 Å². The molecule has 0 fully saturated rings. The molecule has 0 aliphatic carbocycles. The van der Waals surface area contributed by atoms with Crippen molar-refractivity contribution >= 4 is 11.6 Å². The van der Waals surface area contributed by atoms with E-state index < -0.39 is 30.9 Å². The van der Waals surface area contributed by atoms with Crippen molar-refractivity contribution < 1.29 is 31.8 Å². The van der Waals surface area contributed by atoms with Gasteiger partial charge in [0.05, 0.1) is 13.2 Å². The van der Waals surface area contributed by atoms with Gasteiger partial charge in [-0.25, -0.2) is 8.78 Å². The lowest BCUT2D eigenvalue weighted by molar-refractivity contribution is -0.168. The van der Waals surface area contributed by atoms with Crippen molar-refractivity contribution in [1.82, 2.24) is 0 Å². The van der Waals surface area contributed by atoms with Crippen LogP contribution in [0.4, 0.5) is 23.2 Å². The fourth-order valence-electron chi connectivity index (χ4n) is 1.60. The molecule has 0 spiro atoms. The molecule has 0 heterocycles. The number of alkyl halides is 4. The Kier molecular flexibility index (Phi) is 7.40. The van der Waals surface area contributed by atoms with E-state index in [1.807, 2.05) is 0 Å². The molecule has 23 heavy (non-hydrogen) atoms. The fourth-order valence-corrected chi connectivity index (χ4v) is 1.60. The van der Waals surface area contributed by atoms with Crippen molar-refractivity contribution in [3.8, 4) is 0 Å². The number of hydrogen-bond acceptors (Lipinski definition) is 4. The lowest BCUT2D eigenvalue weighted by Gasteiger charge is -2.15. The maximum Gasteiger partial charge on any atom is 0.330 e. The molecule has 1 rings (SSSR count). The molecule has 3 N–H and O–H groups in total. The van der Waals surface area contributed by atoms with Gasteiger partial charge in [-0.05, 0) is 17.7 Å². The van der Waals surface area contributed by atoms with Crippen LogP contribution in [0, 0.1) is 0 Å². The highest BCUT2D eigenvalue weighted by Crippen LogP contribution is 2.23. The number of benzene rings is 1. The highest BCUT2D eigenvalue weighted by molar-refractivity contribution is 5.94. The topological polar surface area (TPSA) is 73.6 Å². The van der Waals surface area contributed by atoms with Gasteiger partial charge in [-0.15, -0.1) is 0 Å². The largest absolute Gasteiger partial charge is 0.383 e. The summed E-state index contributed by atoms with van der Waals surface area (Å²) in [5, 5.41) is 2.52. The molecular weight excluding hydrogens is 320 g/mol. The number of anilines is 1. The minimum Gasteiger partial charge on any atom is -0.383 e. The van der Waals surface area contributed by atoms with Crippen molar-refractivity contribution in [3.63, 3.8) is 0 Å². The molecule has 1 unspecified atom stereocenters. The quantitative estimate of drug-likeness (QED) is 0.676. The van der Waals surface area contributed by atoms with Crippen LogP contribution >= 0.6 is 0 Å². The van der Waals surface area contributed by atoms with Crippen molar-refractivity contribution in [2.75, 3.05) is 25.6 Å². The van der Waals surface area contributed by atoms with E-state index in [-0.39, 0.29) is 13.2 Å². The van der Waals surface area contributed by atoms with E-state index in [0.29, 0.717) is 11.3 Å². The maximum atomic E-state index is 12.7. The van der Waals surface area contributed by atoms with Crippen LogP contribution in [-0.2, 0) is 20.9 Å². The SMILES string of the molecule is COCC(N)C(=O)Nc1cccc(COCC(F)(F)C(F)F)c1. The molecule has 5 nitrogen and oxygen atoms in total. The summed E-state index contributed by atoms with van der Waals surface area (Å²) in [5.74, 6) is -4.67. The van der Waals surface area contributed by atoms with Crippen LogP contribution in [-0.4, -0.2) is 44.6 Å². The second-order valence-corrected chi connectivity index (χ2v) is 4.81. The molecule has 0 aliphatic rings. The van der Waals surface area contributed by atoms with Crippen molar-refractivity contribution in [2.24, 2.45) is 5.73 Å². The summed E-state index contributed by atoms with van der Waals surface area (Å²) in [6.07, 6.45) is -3.78. The molecule has 1 aromatic rings. The monoisotopic (exact) mass is 338 g/mol. The number of ether oxygens (including phenoxy) is 2. The Labute approximate surface area is 130 Å². The third-order valence-electron chi connectivity index (χ3n) is 2.76. The second kappa shape index (κ2) is 8.80.